The first kappa shape index (κ1) is 16.3. The fourth-order valence-electron chi connectivity index (χ4n) is 1.97. The van der Waals surface area contributed by atoms with Crippen LogP contribution < -0.4 is 22.3 Å². The minimum atomic E-state index is -0.473. The molecule has 0 aliphatic carbocycles. The van der Waals surface area contributed by atoms with E-state index in [9.17, 15) is 14.7 Å². The number of nitrogen functional groups attached to an aromatic ring is 1. The van der Waals surface area contributed by atoms with Crippen LogP contribution in [-0.2, 0) is 13.6 Å². The molecule has 1 aromatic heterocycles. The summed E-state index contributed by atoms with van der Waals surface area (Å²) in [6.07, 6.45) is 0.732. The number of nitrogens with zero attached hydrogens (tertiary/aromatic N) is 2. The van der Waals surface area contributed by atoms with Crippen molar-refractivity contribution < 1.29 is 5.11 Å². The lowest BCUT2D eigenvalue weighted by molar-refractivity contribution is 0.249. The summed E-state index contributed by atoms with van der Waals surface area (Å²) in [4.78, 5) is 24.2. The average Bonchev–Trinajstić information content (AvgIpc) is 2.41. The van der Waals surface area contributed by atoms with Gasteiger partial charge in [-0.15, -0.1) is 0 Å². The van der Waals surface area contributed by atoms with Gasteiger partial charge in [-0.3, -0.25) is 13.9 Å². The summed E-state index contributed by atoms with van der Waals surface area (Å²) in [6.45, 7) is 6.11. The Bertz CT molecular complexity index is 574. The summed E-state index contributed by atoms with van der Waals surface area (Å²) in [5, 5.41) is 12.3. The molecule has 0 spiro atoms. The molecule has 7 nitrogen and oxygen atoms in total. The molecule has 0 aromatic carbocycles. The maximum absolute atomic E-state index is 12.2. The maximum Gasteiger partial charge on any atom is 0.332 e. The highest BCUT2D eigenvalue weighted by atomic mass is 16.3. The molecule has 0 fully saturated rings. The fraction of sp³-hybridized carbons (Fsp3) is 0.692. The zero-order valence-corrected chi connectivity index (χ0v) is 12.5. The normalized spacial score (nSPS) is 12.7. The van der Waals surface area contributed by atoms with Gasteiger partial charge in [0, 0.05) is 13.6 Å². The quantitative estimate of drug-likeness (QED) is 0.680. The van der Waals surface area contributed by atoms with Crippen LogP contribution in [0.3, 0.4) is 0 Å². The lowest BCUT2D eigenvalue weighted by atomic mass is 10.1. The van der Waals surface area contributed by atoms with Crippen molar-refractivity contribution in [2.45, 2.75) is 39.8 Å². The first-order chi connectivity index (χ1) is 9.34. The molecule has 0 saturated carbocycles. The van der Waals surface area contributed by atoms with E-state index in [0.717, 1.165) is 11.0 Å². The van der Waals surface area contributed by atoms with E-state index in [1.165, 1.54) is 11.6 Å². The van der Waals surface area contributed by atoms with Gasteiger partial charge in [-0.2, -0.15) is 0 Å². The molecule has 0 unspecified atom stereocenters. The molecule has 20 heavy (non-hydrogen) atoms. The highest BCUT2D eigenvalue weighted by Gasteiger charge is 2.19. The molecule has 1 rings (SSSR count). The number of aromatic nitrogens is 2. The lowest BCUT2D eigenvalue weighted by Gasteiger charge is -2.23. The van der Waals surface area contributed by atoms with E-state index in [1.807, 2.05) is 20.8 Å². The van der Waals surface area contributed by atoms with Crippen molar-refractivity contribution in [2.24, 2.45) is 13.0 Å². The second-order valence-corrected chi connectivity index (χ2v) is 5.24. The van der Waals surface area contributed by atoms with Crippen LogP contribution in [-0.4, -0.2) is 26.9 Å². The fourth-order valence-corrected chi connectivity index (χ4v) is 1.97. The molecular formula is C13H24N4O3. The van der Waals surface area contributed by atoms with E-state index in [-0.39, 0.29) is 30.1 Å². The first-order valence-electron chi connectivity index (χ1n) is 6.81. The highest BCUT2D eigenvalue weighted by molar-refractivity contribution is 5.61. The monoisotopic (exact) mass is 284 g/mol. The van der Waals surface area contributed by atoms with Gasteiger partial charge in [-0.25, -0.2) is 4.79 Å². The number of aliphatic hydroxyl groups excluding tert-OH is 1. The summed E-state index contributed by atoms with van der Waals surface area (Å²) in [5.74, 6) is 0.245. The summed E-state index contributed by atoms with van der Waals surface area (Å²) in [6, 6.07) is -0.294. The van der Waals surface area contributed by atoms with E-state index in [1.54, 1.807) is 0 Å². The van der Waals surface area contributed by atoms with Crippen LogP contribution in [0.15, 0.2) is 9.59 Å². The number of rotatable bonds is 6. The van der Waals surface area contributed by atoms with E-state index in [0.29, 0.717) is 6.54 Å². The zero-order chi connectivity index (χ0) is 15.4. The molecule has 1 atom stereocenters. The van der Waals surface area contributed by atoms with Crippen LogP contribution in [0.4, 0.5) is 11.5 Å². The van der Waals surface area contributed by atoms with Crippen LogP contribution in [0.2, 0.25) is 0 Å². The smallest absolute Gasteiger partial charge is 0.332 e. The highest BCUT2D eigenvalue weighted by Crippen LogP contribution is 2.15. The zero-order valence-electron chi connectivity index (χ0n) is 12.5. The van der Waals surface area contributed by atoms with Gasteiger partial charge in [0.2, 0.25) is 0 Å². The van der Waals surface area contributed by atoms with Gasteiger partial charge in [-0.05, 0) is 12.3 Å². The average molecular weight is 284 g/mol. The summed E-state index contributed by atoms with van der Waals surface area (Å²) in [5.41, 5.74) is 5.22. The van der Waals surface area contributed by atoms with Crippen molar-refractivity contribution in [1.29, 1.82) is 0 Å². The Balaban J connectivity index is 3.39. The SMILES string of the molecule is CCCn1c(N)c(N[C@H](CO)C(C)C)c(=O)n(C)c1=O. The lowest BCUT2D eigenvalue weighted by Crippen LogP contribution is -2.43. The van der Waals surface area contributed by atoms with Crippen molar-refractivity contribution in [3.63, 3.8) is 0 Å². The molecule has 1 aromatic rings. The molecule has 0 bridgehead atoms. The van der Waals surface area contributed by atoms with E-state index in [4.69, 9.17) is 5.73 Å². The number of anilines is 2. The minimum absolute atomic E-state index is 0.118. The number of aliphatic hydroxyl groups is 1. The van der Waals surface area contributed by atoms with Gasteiger partial charge >= 0.3 is 5.69 Å². The van der Waals surface area contributed by atoms with Crippen molar-refractivity contribution in [2.75, 3.05) is 17.7 Å². The van der Waals surface area contributed by atoms with Gasteiger partial charge < -0.3 is 16.2 Å². The molecule has 0 aliphatic rings. The van der Waals surface area contributed by atoms with Crippen LogP contribution in [0.1, 0.15) is 27.2 Å². The number of hydrogen-bond acceptors (Lipinski definition) is 5. The van der Waals surface area contributed by atoms with E-state index >= 15 is 0 Å². The van der Waals surface area contributed by atoms with Crippen molar-refractivity contribution >= 4 is 11.5 Å². The maximum atomic E-state index is 12.2. The third kappa shape index (κ3) is 3.04. The third-order valence-electron chi connectivity index (χ3n) is 3.36. The van der Waals surface area contributed by atoms with Crippen molar-refractivity contribution in [3.8, 4) is 0 Å². The summed E-state index contributed by atoms with van der Waals surface area (Å²) >= 11 is 0. The van der Waals surface area contributed by atoms with Crippen LogP contribution in [0.25, 0.3) is 0 Å². The Hall–Kier alpha value is -1.76. The topological polar surface area (TPSA) is 102 Å². The minimum Gasteiger partial charge on any atom is -0.394 e. The number of nitrogens with one attached hydrogen (secondary N) is 1. The van der Waals surface area contributed by atoms with E-state index in [2.05, 4.69) is 5.32 Å². The molecule has 1 heterocycles. The Morgan fingerprint density at radius 1 is 1.35 bits per heavy atom. The van der Waals surface area contributed by atoms with Gasteiger partial charge in [-0.1, -0.05) is 20.8 Å². The van der Waals surface area contributed by atoms with Crippen LogP contribution in [0, 0.1) is 5.92 Å². The number of nitrogens with two attached hydrogens (primary N) is 1. The summed E-state index contributed by atoms with van der Waals surface area (Å²) < 4.78 is 2.40. The molecule has 4 N–H and O–H groups in total. The first-order valence-corrected chi connectivity index (χ1v) is 6.81. The van der Waals surface area contributed by atoms with Crippen LogP contribution >= 0.6 is 0 Å². The molecular weight excluding hydrogens is 260 g/mol. The number of hydrogen-bond donors (Lipinski definition) is 3. The second-order valence-electron chi connectivity index (χ2n) is 5.24. The molecule has 114 valence electrons. The summed E-state index contributed by atoms with van der Waals surface area (Å²) in [7, 11) is 1.42. The predicted octanol–water partition coefficient (Wildman–Crippen LogP) is -0.0320. The van der Waals surface area contributed by atoms with Gasteiger partial charge in [0.15, 0.2) is 0 Å². The Morgan fingerprint density at radius 3 is 2.40 bits per heavy atom. The largest absolute Gasteiger partial charge is 0.394 e. The van der Waals surface area contributed by atoms with Crippen LogP contribution in [0.5, 0.6) is 0 Å². The Morgan fingerprint density at radius 2 is 1.95 bits per heavy atom. The Kier molecular flexibility index (Phi) is 5.38. The molecule has 0 aliphatic heterocycles. The third-order valence-corrected chi connectivity index (χ3v) is 3.36. The predicted molar refractivity (Wildman–Crippen MR) is 80.0 cm³/mol. The molecule has 0 saturated heterocycles. The van der Waals surface area contributed by atoms with E-state index < -0.39 is 11.2 Å². The van der Waals surface area contributed by atoms with Gasteiger partial charge in [0.1, 0.15) is 11.5 Å². The molecule has 0 amide bonds. The van der Waals surface area contributed by atoms with Crippen molar-refractivity contribution in [3.05, 3.63) is 20.8 Å². The second kappa shape index (κ2) is 6.60. The molecule has 0 radical (unpaired) electrons. The van der Waals surface area contributed by atoms with Gasteiger partial charge in [0.05, 0.1) is 12.6 Å². The van der Waals surface area contributed by atoms with Gasteiger partial charge in [0.25, 0.3) is 5.56 Å². The molecule has 7 heteroatoms. The standard InChI is InChI=1S/C13H24N4O3/c1-5-6-17-11(14)10(12(19)16(4)13(17)20)15-9(7-18)8(2)3/h8-9,15,18H,5-7,14H2,1-4H3/t9-/m1/s1. The Labute approximate surface area is 118 Å². The van der Waals surface area contributed by atoms with Crippen molar-refractivity contribution in [1.82, 2.24) is 9.13 Å².